The van der Waals surface area contributed by atoms with Gasteiger partial charge in [0.25, 0.3) is 0 Å². The molecule has 2 heterocycles. The molecule has 2 bridgehead atoms. The number of imide groups is 1. The molecule has 0 spiro atoms. The topological polar surface area (TPSA) is 49.4 Å². The zero-order chi connectivity index (χ0) is 13.7. The van der Waals surface area contributed by atoms with Crippen LogP contribution in [0.2, 0.25) is 0 Å². The summed E-state index contributed by atoms with van der Waals surface area (Å²) >= 11 is 0. The summed E-state index contributed by atoms with van der Waals surface area (Å²) in [4.78, 5) is 26.3. The van der Waals surface area contributed by atoms with Crippen molar-refractivity contribution in [2.24, 2.45) is 11.8 Å². The van der Waals surface area contributed by atoms with Crippen molar-refractivity contribution in [3.63, 3.8) is 0 Å². The minimum Gasteiger partial charge on any atom is -0.312 e. The highest BCUT2D eigenvalue weighted by Gasteiger charge is 2.45. The van der Waals surface area contributed by atoms with Gasteiger partial charge < -0.3 is 5.32 Å². The number of carbonyl (C=O) groups excluding carboxylic acids is 2. The Morgan fingerprint density at radius 2 is 1.80 bits per heavy atom. The maximum atomic E-state index is 12.5. The Hall–Kier alpha value is -1.68. The van der Waals surface area contributed by atoms with Crippen molar-refractivity contribution in [3.8, 4) is 0 Å². The third kappa shape index (κ3) is 1.71. The van der Waals surface area contributed by atoms with Gasteiger partial charge in [-0.15, -0.1) is 0 Å². The Kier molecular flexibility index (Phi) is 2.67. The average Bonchev–Trinajstić information content (AvgIpc) is 2.92. The summed E-state index contributed by atoms with van der Waals surface area (Å²) in [6, 6.07) is 6.02. The number of nitrogens with zero attached hydrogens (tertiary/aromatic N) is 1. The Bertz CT molecular complexity index is 574. The van der Waals surface area contributed by atoms with E-state index in [1.807, 2.05) is 12.1 Å². The fraction of sp³-hybridized carbons (Fsp3) is 0.500. The maximum absolute atomic E-state index is 12.5. The van der Waals surface area contributed by atoms with E-state index >= 15 is 0 Å². The molecule has 20 heavy (non-hydrogen) atoms. The molecular formula is C16H18N2O2. The monoisotopic (exact) mass is 270 g/mol. The number of hydrogen-bond acceptors (Lipinski definition) is 3. The first-order valence-electron chi connectivity index (χ1n) is 7.44. The van der Waals surface area contributed by atoms with Crippen LogP contribution in [0.15, 0.2) is 18.2 Å². The summed E-state index contributed by atoms with van der Waals surface area (Å²) in [6.45, 7) is 1.82. The summed E-state index contributed by atoms with van der Waals surface area (Å²) in [5.74, 6) is 0.138. The summed E-state index contributed by atoms with van der Waals surface area (Å²) < 4.78 is 0. The standard InChI is InChI=1S/C16H18N2O2/c19-15-11-1-2-12(7-11)16(20)18(15)14-4-3-10-5-6-17-9-13(10)8-14/h3-4,8,11-12,17H,1-2,5-7,9H2. The van der Waals surface area contributed by atoms with Crippen LogP contribution in [0.25, 0.3) is 0 Å². The first-order chi connectivity index (χ1) is 9.74. The summed E-state index contributed by atoms with van der Waals surface area (Å²) in [7, 11) is 0. The normalized spacial score (nSPS) is 28.7. The Morgan fingerprint density at radius 1 is 1.05 bits per heavy atom. The molecule has 4 rings (SSSR count). The number of anilines is 1. The molecular weight excluding hydrogens is 252 g/mol. The van der Waals surface area contributed by atoms with Crippen LogP contribution >= 0.6 is 0 Å². The minimum atomic E-state index is 0.00692. The van der Waals surface area contributed by atoms with Crippen molar-refractivity contribution in [1.82, 2.24) is 5.32 Å². The molecule has 3 aliphatic rings. The predicted molar refractivity (Wildman–Crippen MR) is 75.2 cm³/mol. The van der Waals surface area contributed by atoms with Crippen LogP contribution < -0.4 is 10.2 Å². The minimum absolute atomic E-state index is 0.00692. The van der Waals surface area contributed by atoms with Gasteiger partial charge in [-0.3, -0.25) is 14.5 Å². The molecule has 0 radical (unpaired) electrons. The fourth-order valence-electron chi connectivity index (χ4n) is 3.76. The van der Waals surface area contributed by atoms with Crippen LogP contribution in [0.4, 0.5) is 5.69 Å². The third-order valence-corrected chi connectivity index (χ3v) is 4.91. The van der Waals surface area contributed by atoms with E-state index in [4.69, 9.17) is 0 Å². The zero-order valence-corrected chi connectivity index (χ0v) is 11.4. The van der Waals surface area contributed by atoms with Crippen molar-refractivity contribution in [2.75, 3.05) is 11.4 Å². The highest BCUT2D eigenvalue weighted by Crippen LogP contribution is 2.40. The molecule has 2 amide bonds. The Morgan fingerprint density at radius 3 is 2.55 bits per heavy atom. The number of fused-ring (bicyclic) bond motifs is 3. The van der Waals surface area contributed by atoms with Crippen molar-refractivity contribution < 1.29 is 9.59 Å². The van der Waals surface area contributed by atoms with E-state index < -0.39 is 0 Å². The lowest BCUT2D eigenvalue weighted by Crippen LogP contribution is -2.46. The fourth-order valence-corrected chi connectivity index (χ4v) is 3.76. The number of rotatable bonds is 1. The lowest BCUT2D eigenvalue weighted by atomic mass is 9.95. The van der Waals surface area contributed by atoms with Gasteiger partial charge in [0.2, 0.25) is 11.8 Å². The molecule has 1 aliphatic carbocycles. The Balaban J connectivity index is 1.73. The van der Waals surface area contributed by atoms with Gasteiger partial charge in [-0.05, 0) is 55.5 Å². The lowest BCUT2D eigenvalue weighted by Gasteiger charge is -2.30. The molecule has 1 saturated heterocycles. The third-order valence-electron chi connectivity index (χ3n) is 4.91. The molecule has 4 nitrogen and oxygen atoms in total. The van der Waals surface area contributed by atoms with Crippen molar-refractivity contribution in [2.45, 2.75) is 32.2 Å². The molecule has 2 unspecified atom stereocenters. The molecule has 2 atom stereocenters. The number of amides is 2. The molecule has 1 aromatic carbocycles. The van der Waals surface area contributed by atoms with Gasteiger partial charge in [-0.1, -0.05) is 6.07 Å². The van der Waals surface area contributed by atoms with E-state index in [9.17, 15) is 9.59 Å². The van der Waals surface area contributed by atoms with Gasteiger partial charge >= 0.3 is 0 Å². The predicted octanol–water partition coefficient (Wildman–Crippen LogP) is 1.62. The van der Waals surface area contributed by atoms with Gasteiger partial charge in [0.15, 0.2) is 0 Å². The molecule has 1 N–H and O–H groups in total. The summed E-state index contributed by atoms with van der Waals surface area (Å²) in [6.07, 6.45) is 3.53. The van der Waals surface area contributed by atoms with Crippen LogP contribution in [-0.4, -0.2) is 18.4 Å². The molecule has 2 aliphatic heterocycles. The van der Waals surface area contributed by atoms with Crippen LogP contribution in [0.1, 0.15) is 30.4 Å². The van der Waals surface area contributed by atoms with Crippen molar-refractivity contribution in [1.29, 1.82) is 0 Å². The summed E-state index contributed by atoms with van der Waals surface area (Å²) in [5, 5.41) is 3.34. The number of nitrogens with one attached hydrogen (secondary N) is 1. The largest absolute Gasteiger partial charge is 0.312 e. The van der Waals surface area contributed by atoms with Crippen LogP contribution in [0.3, 0.4) is 0 Å². The molecule has 2 fully saturated rings. The van der Waals surface area contributed by atoms with Crippen molar-refractivity contribution >= 4 is 17.5 Å². The van der Waals surface area contributed by atoms with E-state index in [-0.39, 0.29) is 23.7 Å². The molecule has 1 aromatic rings. The van der Waals surface area contributed by atoms with Gasteiger partial charge in [0.05, 0.1) is 5.69 Å². The first kappa shape index (κ1) is 12.1. The molecule has 0 aromatic heterocycles. The van der Waals surface area contributed by atoms with Gasteiger partial charge in [-0.25, -0.2) is 0 Å². The van der Waals surface area contributed by atoms with E-state index in [0.717, 1.165) is 44.5 Å². The van der Waals surface area contributed by atoms with Crippen molar-refractivity contribution in [3.05, 3.63) is 29.3 Å². The highest BCUT2D eigenvalue weighted by atomic mass is 16.2. The van der Waals surface area contributed by atoms with E-state index in [2.05, 4.69) is 11.4 Å². The summed E-state index contributed by atoms with van der Waals surface area (Å²) in [5.41, 5.74) is 3.30. The number of hydrogen-bond donors (Lipinski definition) is 1. The lowest BCUT2D eigenvalue weighted by molar-refractivity contribution is -0.132. The van der Waals surface area contributed by atoms with E-state index in [1.54, 1.807) is 0 Å². The zero-order valence-electron chi connectivity index (χ0n) is 11.4. The highest BCUT2D eigenvalue weighted by molar-refractivity contribution is 6.18. The Labute approximate surface area is 118 Å². The molecule has 4 heteroatoms. The van der Waals surface area contributed by atoms with Gasteiger partial charge in [-0.2, -0.15) is 0 Å². The SMILES string of the molecule is O=C1C2CCC(C2)C(=O)N1c1ccc2c(c1)CNCC2. The quantitative estimate of drug-likeness (QED) is 0.789. The van der Waals surface area contributed by atoms with E-state index in [0.29, 0.717) is 0 Å². The maximum Gasteiger partial charge on any atom is 0.236 e. The second kappa shape index (κ2) is 4.42. The average molecular weight is 270 g/mol. The van der Waals surface area contributed by atoms with Crippen LogP contribution in [0, 0.1) is 11.8 Å². The van der Waals surface area contributed by atoms with Gasteiger partial charge in [0.1, 0.15) is 0 Å². The second-order valence-electron chi connectivity index (χ2n) is 6.10. The number of benzene rings is 1. The molecule has 104 valence electrons. The number of piperidine rings is 1. The molecule has 1 saturated carbocycles. The second-order valence-corrected chi connectivity index (χ2v) is 6.10. The first-order valence-corrected chi connectivity index (χ1v) is 7.44. The number of carbonyl (C=O) groups is 2. The van der Waals surface area contributed by atoms with Gasteiger partial charge in [0, 0.05) is 18.4 Å². The smallest absolute Gasteiger partial charge is 0.236 e. The van der Waals surface area contributed by atoms with Crippen LogP contribution in [-0.2, 0) is 22.6 Å². The van der Waals surface area contributed by atoms with Crippen LogP contribution in [0.5, 0.6) is 0 Å². The van der Waals surface area contributed by atoms with E-state index in [1.165, 1.54) is 16.0 Å².